The third kappa shape index (κ3) is 6.20. The van der Waals surface area contributed by atoms with Crippen molar-refractivity contribution in [2.75, 3.05) is 6.16 Å². The number of hydrogen-bond donors (Lipinski definition) is 0. The maximum Gasteiger partial charge on any atom is 0.430 e. The van der Waals surface area contributed by atoms with Crippen LogP contribution in [0.25, 0.3) is 0 Å². The summed E-state index contributed by atoms with van der Waals surface area (Å²) in [5.41, 5.74) is 0. The molecule has 0 aliphatic heterocycles. The van der Waals surface area contributed by atoms with E-state index < -0.39 is 7.60 Å². The first-order valence-electron chi connectivity index (χ1n) is 8.31. The average molecular weight is 389 g/mol. The number of unbranched alkanes of at least 4 members (excludes halogenated alkanes) is 3. The lowest BCUT2D eigenvalue weighted by Crippen LogP contribution is -2.05. The van der Waals surface area contributed by atoms with Crippen LogP contribution in [0, 0.1) is 0 Å². The van der Waals surface area contributed by atoms with Crippen LogP contribution in [0.5, 0.6) is 5.75 Å². The molecule has 0 amide bonds. The molecule has 2 rings (SSSR count). The fourth-order valence-corrected chi connectivity index (χ4v) is 4.64. The van der Waals surface area contributed by atoms with Gasteiger partial charge in [0.05, 0.1) is 11.2 Å². The Kier molecular flexibility index (Phi) is 7.74. The van der Waals surface area contributed by atoms with Crippen LogP contribution in [0.1, 0.15) is 45.4 Å². The first-order chi connectivity index (χ1) is 11.5. The molecule has 0 aromatic heterocycles. The first-order valence-corrected chi connectivity index (χ1v) is 10.8. The molecule has 0 saturated heterocycles. The van der Waals surface area contributed by atoms with Crippen molar-refractivity contribution in [2.24, 2.45) is 0 Å². The second-order valence-corrected chi connectivity index (χ2v) is 8.63. The lowest BCUT2D eigenvalue weighted by atomic mass is 10.2. The summed E-state index contributed by atoms with van der Waals surface area (Å²) < 4.78 is 24.8. The van der Waals surface area contributed by atoms with Crippen LogP contribution < -0.4 is 4.52 Å². The van der Waals surface area contributed by atoms with E-state index >= 15 is 0 Å². The van der Waals surface area contributed by atoms with Gasteiger partial charge in [0, 0.05) is 11.4 Å². The van der Waals surface area contributed by atoms with Gasteiger partial charge in [-0.05, 0) is 37.1 Å². The number of rotatable bonds is 9. The molecule has 1 atom stereocenters. The van der Waals surface area contributed by atoms with Gasteiger partial charge in [0.2, 0.25) is 0 Å². The average Bonchev–Trinajstić information content (AvgIpc) is 2.54. The topological polar surface area (TPSA) is 35.5 Å². The van der Waals surface area contributed by atoms with Crippen LogP contribution in [0.15, 0.2) is 47.2 Å². The predicted octanol–water partition coefficient (Wildman–Crippen LogP) is 7.31. The largest absolute Gasteiger partial charge is 0.430 e. The lowest BCUT2D eigenvalue weighted by molar-refractivity contribution is 0.317. The van der Waals surface area contributed by atoms with Crippen molar-refractivity contribution in [1.29, 1.82) is 0 Å². The van der Waals surface area contributed by atoms with E-state index in [1.807, 2.05) is 6.08 Å². The molecule has 1 aliphatic carbocycles. The third-order valence-electron chi connectivity index (χ3n) is 3.64. The Labute approximate surface area is 154 Å². The van der Waals surface area contributed by atoms with Crippen LogP contribution in [0.4, 0.5) is 0 Å². The highest BCUT2D eigenvalue weighted by atomic mass is 35.5. The molecule has 0 heterocycles. The number of allylic oxidation sites excluding steroid dienone is 4. The SMILES string of the molecule is CCCCCCP(=O)(OC1=C(Cl)C=CCC1)Oc1cccc(Cl)c1. The van der Waals surface area contributed by atoms with E-state index in [9.17, 15) is 4.57 Å². The van der Waals surface area contributed by atoms with Gasteiger partial charge in [0.1, 0.15) is 11.5 Å². The van der Waals surface area contributed by atoms with E-state index in [0.29, 0.717) is 34.1 Å². The Morgan fingerprint density at radius 2 is 2.00 bits per heavy atom. The molecule has 0 bridgehead atoms. The number of halogens is 2. The van der Waals surface area contributed by atoms with E-state index in [-0.39, 0.29) is 0 Å². The Morgan fingerprint density at radius 1 is 1.17 bits per heavy atom. The third-order valence-corrected chi connectivity index (χ3v) is 6.07. The normalized spacial score (nSPS) is 16.8. The van der Waals surface area contributed by atoms with Crippen molar-refractivity contribution in [2.45, 2.75) is 45.4 Å². The zero-order valence-corrected chi connectivity index (χ0v) is 16.2. The summed E-state index contributed by atoms with van der Waals surface area (Å²) in [4.78, 5) is 0. The molecule has 1 aliphatic rings. The van der Waals surface area contributed by atoms with Crippen molar-refractivity contribution in [3.63, 3.8) is 0 Å². The van der Waals surface area contributed by atoms with Crippen LogP contribution in [0.2, 0.25) is 5.02 Å². The van der Waals surface area contributed by atoms with Crippen molar-refractivity contribution in [3.8, 4) is 5.75 Å². The summed E-state index contributed by atoms with van der Waals surface area (Å²) in [5, 5.41) is 1.02. The van der Waals surface area contributed by atoms with Gasteiger partial charge in [-0.25, -0.2) is 4.57 Å². The molecule has 6 heteroatoms. The molecule has 132 valence electrons. The van der Waals surface area contributed by atoms with Gasteiger partial charge in [-0.3, -0.25) is 0 Å². The molecule has 0 spiro atoms. The van der Waals surface area contributed by atoms with Gasteiger partial charge < -0.3 is 9.05 Å². The summed E-state index contributed by atoms with van der Waals surface area (Å²) in [5.74, 6) is 0.990. The summed E-state index contributed by atoms with van der Waals surface area (Å²) >= 11 is 12.2. The summed E-state index contributed by atoms with van der Waals surface area (Å²) in [6.45, 7) is 2.14. The maximum atomic E-state index is 13.3. The second-order valence-electron chi connectivity index (χ2n) is 5.75. The molecule has 3 nitrogen and oxygen atoms in total. The van der Waals surface area contributed by atoms with E-state index in [0.717, 1.165) is 32.1 Å². The lowest BCUT2D eigenvalue weighted by Gasteiger charge is -2.23. The minimum absolute atomic E-state index is 0.358. The van der Waals surface area contributed by atoms with Gasteiger partial charge in [0.25, 0.3) is 0 Å². The van der Waals surface area contributed by atoms with Gasteiger partial charge in [0.15, 0.2) is 0 Å². The number of hydrogen-bond acceptors (Lipinski definition) is 3. The quantitative estimate of drug-likeness (QED) is 0.328. The fourth-order valence-electron chi connectivity index (χ4n) is 2.40. The summed E-state index contributed by atoms with van der Waals surface area (Å²) in [7, 11) is -3.34. The van der Waals surface area contributed by atoms with E-state index in [1.165, 1.54) is 0 Å². The molecule has 0 radical (unpaired) electrons. The fraction of sp³-hybridized carbons (Fsp3) is 0.444. The first kappa shape index (κ1) is 19.4. The van der Waals surface area contributed by atoms with Crippen LogP contribution in [-0.4, -0.2) is 6.16 Å². The van der Waals surface area contributed by atoms with Crippen LogP contribution in [-0.2, 0) is 9.09 Å². The molecule has 0 saturated carbocycles. The molecule has 1 aromatic rings. The van der Waals surface area contributed by atoms with Gasteiger partial charge >= 0.3 is 7.60 Å². The van der Waals surface area contributed by atoms with Crippen molar-refractivity contribution in [3.05, 3.63) is 52.2 Å². The molecule has 1 aromatic carbocycles. The van der Waals surface area contributed by atoms with Crippen molar-refractivity contribution in [1.82, 2.24) is 0 Å². The van der Waals surface area contributed by atoms with E-state index in [1.54, 1.807) is 30.3 Å². The minimum Gasteiger partial charge on any atom is -0.419 e. The predicted molar refractivity (Wildman–Crippen MR) is 101 cm³/mol. The highest BCUT2D eigenvalue weighted by Crippen LogP contribution is 2.52. The smallest absolute Gasteiger partial charge is 0.419 e. The summed E-state index contributed by atoms with van der Waals surface area (Å²) in [6.07, 6.45) is 9.55. The van der Waals surface area contributed by atoms with Crippen molar-refractivity contribution < 1.29 is 13.6 Å². The molecule has 1 unspecified atom stereocenters. The standard InChI is InChI=1S/C18H23Cl2O3P/c1-2-3-4-7-13-24(21,22-16-10-8-9-15(19)14-16)23-18-12-6-5-11-17(18)20/h5,8-11,14H,2-4,6-7,12-13H2,1H3. The molecule has 0 fully saturated rings. The Balaban J connectivity index is 2.14. The van der Waals surface area contributed by atoms with Crippen molar-refractivity contribution >= 4 is 30.8 Å². The molecule has 0 N–H and O–H groups in total. The van der Waals surface area contributed by atoms with Gasteiger partial charge in [-0.1, -0.05) is 61.5 Å². The number of benzene rings is 1. The van der Waals surface area contributed by atoms with Crippen LogP contribution in [0.3, 0.4) is 0 Å². The Hall–Kier alpha value is -0.890. The van der Waals surface area contributed by atoms with Gasteiger partial charge in [-0.2, -0.15) is 0 Å². The second kappa shape index (κ2) is 9.56. The highest BCUT2D eigenvalue weighted by Gasteiger charge is 2.29. The summed E-state index contributed by atoms with van der Waals surface area (Å²) in [6, 6.07) is 6.87. The zero-order chi connectivity index (χ0) is 17.4. The van der Waals surface area contributed by atoms with E-state index in [2.05, 4.69) is 6.92 Å². The molecule has 24 heavy (non-hydrogen) atoms. The Bertz CT molecular complexity index is 655. The molecular formula is C18H23Cl2O3P. The van der Waals surface area contributed by atoms with Gasteiger partial charge in [-0.15, -0.1) is 0 Å². The van der Waals surface area contributed by atoms with E-state index in [4.69, 9.17) is 32.2 Å². The highest BCUT2D eigenvalue weighted by molar-refractivity contribution is 7.54. The Morgan fingerprint density at radius 3 is 2.71 bits per heavy atom. The maximum absolute atomic E-state index is 13.3. The zero-order valence-electron chi connectivity index (χ0n) is 13.8. The molecular weight excluding hydrogens is 366 g/mol. The minimum atomic E-state index is -3.34. The monoisotopic (exact) mass is 388 g/mol. The van der Waals surface area contributed by atoms with Crippen LogP contribution >= 0.6 is 30.8 Å².